The van der Waals surface area contributed by atoms with Crippen LogP contribution >= 0.6 is 11.6 Å². The molecule has 1 aliphatic heterocycles. The zero-order valence-electron chi connectivity index (χ0n) is 10.6. The normalized spacial score (nSPS) is 16.1. The first-order chi connectivity index (χ1) is 9.11. The maximum Gasteiger partial charge on any atom is 0.342 e. The smallest absolute Gasteiger partial charge is 0.342 e. The first-order valence-electron chi connectivity index (χ1n) is 6.03. The molecule has 6 heteroatoms. The molecule has 1 fully saturated rings. The summed E-state index contributed by atoms with van der Waals surface area (Å²) in [5.41, 5.74) is 6.32. The van der Waals surface area contributed by atoms with Crippen molar-refractivity contribution in [2.24, 2.45) is 0 Å². The van der Waals surface area contributed by atoms with Gasteiger partial charge in [-0.1, -0.05) is 11.6 Å². The fourth-order valence-corrected chi connectivity index (χ4v) is 2.07. The molecular formula is C13H16ClNO4. The minimum absolute atomic E-state index is 0.123. The fraction of sp³-hybridized carbons (Fsp3) is 0.462. The maximum absolute atomic E-state index is 12.1. The van der Waals surface area contributed by atoms with Crippen LogP contribution in [0.5, 0.6) is 5.75 Å². The van der Waals surface area contributed by atoms with Crippen molar-refractivity contribution in [3.63, 3.8) is 0 Å². The van der Waals surface area contributed by atoms with E-state index in [9.17, 15) is 4.79 Å². The van der Waals surface area contributed by atoms with Gasteiger partial charge in [0.25, 0.3) is 0 Å². The third kappa shape index (κ3) is 3.30. The zero-order valence-corrected chi connectivity index (χ0v) is 11.4. The molecule has 0 radical (unpaired) electrons. The van der Waals surface area contributed by atoms with E-state index in [1.165, 1.54) is 19.2 Å². The number of halogens is 1. The highest BCUT2D eigenvalue weighted by atomic mass is 35.5. The average molecular weight is 286 g/mol. The predicted molar refractivity (Wildman–Crippen MR) is 71.7 cm³/mol. The first kappa shape index (κ1) is 14.0. The maximum atomic E-state index is 12.1. The summed E-state index contributed by atoms with van der Waals surface area (Å²) < 4.78 is 15.8. The third-order valence-corrected chi connectivity index (χ3v) is 3.31. The topological polar surface area (TPSA) is 70.8 Å². The van der Waals surface area contributed by atoms with Crippen molar-refractivity contribution in [3.8, 4) is 5.75 Å². The molecule has 0 bridgehead atoms. The highest BCUT2D eigenvalue weighted by molar-refractivity contribution is 6.33. The van der Waals surface area contributed by atoms with Crippen LogP contribution in [-0.4, -0.2) is 32.4 Å². The van der Waals surface area contributed by atoms with Gasteiger partial charge in [-0.05, 0) is 6.07 Å². The van der Waals surface area contributed by atoms with Crippen molar-refractivity contribution >= 4 is 23.3 Å². The summed E-state index contributed by atoms with van der Waals surface area (Å²) in [4.78, 5) is 12.1. The molecule has 0 atom stereocenters. The van der Waals surface area contributed by atoms with Gasteiger partial charge < -0.3 is 19.9 Å². The van der Waals surface area contributed by atoms with Crippen molar-refractivity contribution in [3.05, 3.63) is 22.7 Å². The molecule has 0 aliphatic carbocycles. The number of methoxy groups -OCH3 is 1. The Morgan fingerprint density at radius 1 is 1.42 bits per heavy atom. The summed E-state index contributed by atoms with van der Waals surface area (Å²) in [6.45, 7) is 1.22. The number of hydrogen-bond acceptors (Lipinski definition) is 5. The summed E-state index contributed by atoms with van der Waals surface area (Å²) in [6, 6.07) is 2.99. The lowest BCUT2D eigenvalue weighted by molar-refractivity contribution is -0.0160. The molecule has 0 saturated carbocycles. The second kappa shape index (κ2) is 6.12. The van der Waals surface area contributed by atoms with Gasteiger partial charge in [0.05, 0.1) is 31.0 Å². The van der Waals surface area contributed by atoms with E-state index < -0.39 is 5.97 Å². The van der Waals surface area contributed by atoms with Gasteiger partial charge in [-0.25, -0.2) is 4.79 Å². The highest BCUT2D eigenvalue weighted by Crippen LogP contribution is 2.30. The summed E-state index contributed by atoms with van der Waals surface area (Å²) in [7, 11) is 1.47. The Bertz CT molecular complexity index is 472. The largest absolute Gasteiger partial charge is 0.496 e. The number of nitrogen functional groups attached to an aromatic ring is 1. The van der Waals surface area contributed by atoms with E-state index in [2.05, 4.69) is 0 Å². The Hall–Kier alpha value is -1.46. The number of benzene rings is 1. The monoisotopic (exact) mass is 285 g/mol. The molecule has 1 heterocycles. The molecule has 104 valence electrons. The summed E-state index contributed by atoms with van der Waals surface area (Å²) >= 11 is 5.92. The molecule has 1 aliphatic rings. The van der Waals surface area contributed by atoms with E-state index in [1.54, 1.807) is 0 Å². The van der Waals surface area contributed by atoms with E-state index in [4.69, 9.17) is 31.5 Å². The number of anilines is 1. The predicted octanol–water partition coefficient (Wildman–Crippen LogP) is 2.27. The number of nitrogens with two attached hydrogens (primary N) is 1. The van der Waals surface area contributed by atoms with E-state index in [0.29, 0.717) is 42.5 Å². The summed E-state index contributed by atoms with van der Waals surface area (Å²) in [5.74, 6) is -0.0930. The van der Waals surface area contributed by atoms with Crippen LogP contribution in [0.1, 0.15) is 23.2 Å². The Labute approximate surface area is 116 Å². The minimum Gasteiger partial charge on any atom is -0.496 e. The van der Waals surface area contributed by atoms with Crippen LogP contribution in [0.25, 0.3) is 0 Å². The number of ether oxygens (including phenoxy) is 3. The lowest BCUT2D eigenvalue weighted by atomic mass is 10.1. The Morgan fingerprint density at radius 3 is 2.74 bits per heavy atom. The second-order valence-electron chi connectivity index (χ2n) is 4.29. The molecule has 0 amide bonds. The Kier molecular flexibility index (Phi) is 4.50. The van der Waals surface area contributed by atoms with E-state index in [1.807, 2.05) is 0 Å². The van der Waals surface area contributed by atoms with Crippen LogP contribution < -0.4 is 10.5 Å². The lowest BCUT2D eigenvalue weighted by Gasteiger charge is -2.22. The van der Waals surface area contributed by atoms with E-state index in [-0.39, 0.29) is 11.7 Å². The quantitative estimate of drug-likeness (QED) is 0.681. The third-order valence-electron chi connectivity index (χ3n) is 2.98. The summed E-state index contributed by atoms with van der Waals surface area (Å²) in [6.07, 6.45) is 1.29. The molecule has 1 aromatic carbocycles. The van der Waals surface area contributed by atoms with Crippen LogP contribution in [0.4, 0.5) is 5.69 Å². The van der Waals surface area contributed by atoms with Crippen LogP contribution in [-0.2, 0) is 9.47 Å². The van der Waals surface area contributed by atoms with Gasteiger partial charge in [0.1, 0.15) is 17.4 Å². The van der Waals surface area contributed by atoms with Gasteiger partial charge in [-0.15, -0.1) is 0 Å². The summed E-state index contributed by atoms with van der Waals surface area (Å²) in [5, 5.41) is 0.305. The zero-order chi connectivity index (χ0) is 13.8. The van der Waals surface area contributed by atoms with Gasteiger partial charge in [0.15, 0.2) is 0 Å². The molecule has 19 heavy (non-hydrogen) atoms. The van der Waals surface area contributed by atoms with Crippen LogP contribution in [0.2, 0.25) is 5.02 Å². The fourth-order valence-electron chi connectivity index (χ4n) is 1.91. The van der Waals surface area contributed by atoms with Crippen LogP contribution in [0, 0.1) is 0 Å². The van der Waals surface area contributed by atoms with Crippen LogP contribution in [0.15, 0.2) is 12.1 Å². The molecule has 2 N–H and O–H groups in total. The second-order valence-corrected chi connectivity index (χ2v) is 4.70. The number of rotatable bonds is 3. The van der Waals surface area contributed by atoms with Crippen molar-refractivity contribution in [1.82, 2.24) is 0 Å². The van der Waals surface area contributed by atoms with Gasteiger partial charge in [-0.3, -0.25) is 0 Å². The molecule has 0 aromatic heterocycles. The Balaban J connectivity index is 2.15. The first-order valence-corrected chi connectivity index (χ1v) is 6.41. The molecule has 0 spiro atoms. The van der Waals surface area contributed by atoms with Gasteiger partial charge >= 0.3 is 5.97 Å². The van der Waals surface area contributed by atoms with E-state index in [0.717, 1.165) is 0 Å². The van der Waals surface area contributed by atoms with Crippen molar-refractivity contribution in [2.45, 2.75) is 18.9 Å². The van der Waals surface area contributed by atoms with Crippen molar-refractivity contribution < 1.29 is 19.0 Å². The van der Waals surface area contributed by atoms with Gasteiger partial charge in [0, 0.05) is 18.9 Å². The number of carbonyl (C=O) groups excluding carboxylic acids is 1. The lowest BCUT2D eigenvalue weighted by Crippen LogP contribution is -2.26. The van der Waals surface area contributed by atoms with Crippen LogP contribution in [0.3, 0.4) is 0 Å². The van der Waals surface area contributed by atoms with E-state index >= 15 is 0 Å². The highest BCUT2D eigenvalue weighted by Gasteiger charge is 2.22. The number of carbonyl (C=O) groups is 1. The standard InChI is InChI=1S/C13H16ClNO4/c1-17-12-7-11(15)10(14)6-9(12)13(16)19-8-2-4-18-5-3-8/h6-8H,2-5,15H2,1H3. The molecule has 1 saturated heterocycles. The molecular weight excluding hydrogens is 270 g/mol. The Morgan fingerprint density at radius 2 is 2.11 bits per heavy atom. The molecule has 2 rings (SSSR count). The minimum atomic E-state index is -0.453. The van der Waals surface area contributed by atoms with Gasteiger partial charge in [-0.2, -0.15) is 0 Å². The average Bonchev–Trinajstić information content (AvgIpc) is 2.42. The molecule has 1 aromatic rings. The molecule has 0 unspecified atom stereocenters. The SMILES string of the molecule is COc1cc(N)c(Cl)cc1C(=O)OC1CCOCC1. The van der Waals surface area contributed by atoms with Gasteiger partial charge in [0.2, 0.25) is 0 Å². The van der Waals surface area contributed by atoms with Crippen molar-refractivity contribution in [1.29, 1.82) is 0 Å². The van der Waals surface area contributed by atoms with Crippen molar-refractivity contribution in [2.75, 3.05) is 26.1 Å². The molecule has 5 nitrogen and oxygen atoms in total. The number of hydrogen-bond donors (Lipinski definition) is 1. The number of esters is 1.